The van der Waals surface area contributed by atoms with Gasteiger partial charge in [-0.3, -0.25) is 9.59 Å². The molecule has 2 amide bonds. The summed E-state index contributed by atoms with van der Waals surface area (Å²) in [6.45, 7) is 3.94. The minimum absolute atomic E-state index is 0.0758. The van der Waals surface area contributed by atoms with Gasteiger partial charge in [-0.1, -0.05) is 36.0 Å². The summed E-state index contributed by atoms with van der Waals surface area (Å²) in [6, 6.07) is 7.17. The molecule has 1 aromatic carbocycles. The molecule has 0 unspecified atom stereocenters. The molecule has 0 saturated heterocycles. The Balaban J connectivity index is 1.31. The Hall–Kier alpha value is -3.11. The van der Waals surface area contributed by atoms with Crippen LogP contribution >= 0.6 is 23.1 Å². The quantitative estimate of drug-likeness (QED) is 0.160. The number of nitrogens with zero attached hydrogens (tertiary/aromatic N) is 2. The first-order chi connectivity index (χ1) is 16.4. The van der Waals surface area contributed by atoms with Crippen LogP contribution in [0, 0.1) is 0 Å². The molecule has 0 aliphatic heterocycles. The molecule has 3 aromatic rings. The Labute approximate surface area is 207 Å². The maximum absolute atomic E-state index is 12.2. The van der Waals surface area contributed by atoms with Crippen molar-refractivity contribution in [1.29, 1.82) is 0 Å². The number of amides is 2. The molecule has 0 aliphatic rings. The number of benzene rings is 1. The predicted octanol–water partition coefficient (Wildman–Crippen LogP) is 5.96. The summed E-state index contributed by atoms with van der Waals surface area (Å²) in [7, 11) is 0. The number of thioether (sulfide) groups is 1. The van der Waals surface area contributed by atoms with Gasteiger partial charge in [-0.15, -0.1) is 11.8 Å². The van der Waals surface area contributed by atoms with Crippen LogP contribution in [-0.2, 0) is 15.3 Å². The Kier molecular flexibility index (Phi) is 9.72. The first kappa shape index (κ1) is 25.5. The van der Waals surface area contributed by atoms with Crippen molar-refractivity contribution in [3.8, 4) is 0 Å². The van der Waals surface area contributed by atoms with Crippen LogP contribution in [0.2, 0.25) is 0 Å². The second kappa shape index (κ2) is 13.0. The number of allylic oxidation sites excluding steroid dienone is 2. The van der Waals surface area contributed by atoms with Crippen LogP contribution in [0.3, 0.4) is 0 Å². The van der Waals surface area contributed by atoms with E-state index in [-0.39, 0.29) is 11.8 Å². The lowest BCUT2D eigenvalue weighted by atomic mass is 10.1. The van der Waals surface area contributed by atoms with Crippen molar-refractivity contribution < 1.29 is 14.0 Å². The van der Waals surface area contributed by atoms with Gasteiger partial charge in [0.2, 0.25) is 17.7 Å². The third kappa shape index (κ3) is 8.03. The van der Waals surface area contributed by atoms with Crippen molar-refractivity contribution in [2.75, 3.05) is 16.4 Å². The molecule has 0 fully saturated rings. The van der Waals surface area contributed by atoms with Gasteiger partial charge in [0.1, 0.15) is 5.76 Å². The number of para-hydroxylation sites is 2. The molecule has 3 rings (SSSR count). The Morgan fingerprint density at radius 3 is 2.56 bits per heavy atom. The Morgan fingerprint density at radius 2 is 1.82 bits per heavy atom. The smallest absolute Gasteiger partial charge is 0.226 e. The van der Waals surface area contributed by atoms with Crippen molar-refractivity contribution >= 4 is 57.0 Å². The van der Waals surface area contributed by atoms with Crippen LogP contribution in [-0.4, -0.2) is 21.8 Å². The van der Waals surface area contributed by atoms with E-state index < -0.39 is 0 Å². The van der Waals surface area contributed by atoms with Crippen LogP contribution < -0.4 is 16.4 Å². The maximum Gasteiger partial charge on any atom is 0.226 e. The summed E-state index contributed by atoms with van der Waals surface area (Å²) >= 11 is 2.99. The van der Waals surface area contributed by atoms with Crippen LogP contribution in [0.1, 0.15) is 57.6 Å². The van der Waals surface area contributed by atoms with Gasteiger partial charge in [0.25, 0.3) is 0 Å². The highest BCUT2D eigenvalue weighted by Crippen LogP contribution is 2.31. The summed E-state index contributed by atoms with van der Waals surface area (Å²) in [5.41, 5.74) is 8.05. The number of nitrogen functional groups attached to an aromatic ring is 1. The van der Waals surface area contributed by atoms with E-state index in [9.17, 15) is 9.59 Å². The number of nitrogens with two attached hydrogens (primary N) is 1. The van der Waals surface area contributed by atoms with Crippen LogP contribution in [0.4, 0.5) is 16.5 Å². The number of oxazole rings is 1. The Bertz CT molecular complexity index is 1140. The molecule has 10 heteroatoms. The summed E-state index contributed by atoms with van der Waals surface area (Å²) in [4.78, 5) is 32.8. The van der Waals surface area contributed by atoms with Crippen LogP contribution in [0.25, 0.3) is 5.57 Å². The van der Waals surface area contributed by atoms with Crippen molar-refractivity contribution in [2.45, 2.75) is 55.9 Å². The molecule has 0 saturated carbocycles. The molecule has 4 N–H and O–H groups in total. The van der Waals surface area contributed by atoms with E-state index in [1.165, 1.54) is 11.3 Å². The minimum Gasteiger partial charge on any atom is -0.440 e. The van der Waals surface area contributed by atoms with E-state index in [0.717, 1.165) is 22.0 Å². The molecule has 180 valence electrons. The number of anilines is 3. The second-order valence-electron chi connectivity index (χ2n) is 7.61. The van der Waals surface area contributed by atoms with Gasteiger partial charge in [0.15, 0.2) is 5.13 Å². The first-order valence-electron chi connectivity index (χ1n) is 11.1. The number of carbonyl (C=O) groups excluding carboxylic acids is 2. The van der Waals surface area contributed by atoms with Crippen molar-refractivity contribution in [1.82, 2.24) is 9.97 Å². The molecule has 2 aromatic heterocycles. The number of hydrogen-bond donors (Lipinski definition) is 3. The highest BCUT2D eigenvalue weighted by Gasteiger charge is 2.10. The molecule has 0 bridgehead atoms. The lowest BCUT2D eigenvalue weighted by Gasteiger charge is -2.07. The zero-order valence-corrected chi connectivity index (χ0v) is 20.9. The number of unbranched alkanes of at least 4 members (excludes halogenated alkanes) is 2. The van der Waals surface area contributed by atoms with Crippen LogP contribution in [0.5, 0.6) is 0 Å². The SMILES string of the molecule is C/C=C(/C)c1cnc(CSc2cnc(NC(=O)CCCCCC(=O)Nc3ccccc3N)s2)o1. The largest absolute Gasteiger partial charge is 0.440 e. The molecule has 0 aliphatic carbocycles. The predicted molar refractivity (Wildman–Crippen MR) is 139 cm³/mol. The Morgan fingerprint density at radius 1 is 1.09 bits per heavy atom. The third-order valence-electron chi connectivity index (χ3n) is 4.99. The van der Waals surface area contributed by atoms with Gasteiger partial charge < -0.3 is 20.8 Å². The summed E-state index contributed by atoms with van der Waals surface area (Å²) in [6.07, 6.45) is 8.43. The molecule has 34 heavy (non-hydrogen) atoms. The fourth-order valence-electron chi connectivity index (χ4n) is 2.97. The summed E-state index contributed by atoms with van der Waals surface area (Å²) in [5.74, 6) is 1.87. The number of nitrogens with one attached hydrogen (secondary N) is 2. The number of rotatable bonds is 12. The maximum atomic E-state index is 12.2. The average Bonchev–Trinajstić information content (AvgIpc) is 3.48. The minimum atomic E-state index is -0.0772. The third-order valence-corrected chi connectivity index (χ3v) is 7.08. The standard InChI is InChI=1S/C24H29N5O3S2/c1-3-16(2)19-13-26-22(32-19)15-33-23-14-27-24(34-23)29-21(31)12-6-4-5-11-20(30)28-18-10-8-7-9-17(18)25/h3,7-10,13-14H,4-6,11-12,15,25H2,1-2H3,(H,28,30)(H,27,29,31)/b16-3-. The topological polar surface area (TPSA) is 123 Å². The van der Waals surface area contributed by atoms with E-state index >= 15 is 0 Å². The molecule has 0 radical (unpaired) electrons. The second-order valence-corrected chi connectivity index (χ2v) is 9.91. The highest BCUT2D eigenvalue weighted by atomic mass is 32.2. The lowest BCUT2D eigenvalue weighted by molar-refractivity contribution is -0.116. The number of carbonyl (C=O) groups is 2. The van der Waals surface area contributed by atoms with Crippen molar-refractivity contribution in [3.63, 3.8) is 0 Å². The van der Waals surface area contributed by atoms with Gasteiger partial charge >= 0.3 is 0 Å². The molecule has 0 atom stereocenters. The number of hydrogen-bond acceptors (Lipinski definition) is 8. The first-order valence-corrected chi connectivity index (χ1v) is 12.9. The average molecular weight is 500 g/mol. The highest BCUT2D eigenvalue weighted by molar-refractivity contribution is 8.00. The monoisotopic (exact) mass is 499 g/mol. The van der Waals surface area contributed by atoms with E-state index in [1.807, 2.05) is 32.1 Å². The lowest BCUT2D eigenvalue weighted by Crippen LogP contribution is -2.13. The fourth-order valence-corrected chi connectivity index (χ4v) is 4.71. The van der Waals surface area contributed by atoms with Gasteiger partial charge in [-0.25, -0.2) is 9.97 Å². The van der Waals surface area contributed by atoms with Gasteiger partial charge in [-0.05, 0) is 44.4 Å². The fraction of sp³-hybridized carbons (Fsp3) is 0.333. The van der Waals surface area contributed by atoms with Gasteiger partial charge in [-0.2, -0.15) is 0 Å². The van der Waals surface area contributed by atoms with Gasteiger partial charge in [0.05, 0.1) is 33.7 Å². The van der Waals surface area contributed by atoms with E-state index in [2.05, 4.69) is 20.6 Å². The summed E-state index contributed by atoms with van der Waals surface area (Å²) in [5, 5.41) is 6.23. The van der Waals surface area contributed by atoms with Crippen molar-refractivity contribution in [2.24, 2.45) is 0 Å². The zero-order valence-electron chi connectivity index (χ0n) is 19.3. The number of thiazole rings is 1. The zero-order chi connectivity index (χ0) is 24.3. The summed E-state index contributed by atoms with van der Waals surface area (Å²) < 4.78 is 6.70. The molecule has 0 spiro atoms. The van der Waals surface area contributed by atoms with E-state index in [4.69, 9.17) is 10.2 Å². The normalized spacial score (nSPS) is 11.4. The van der Waals surface area contributed by atoms with E-state index in [0.29, 0.717) is 53.8 Å². The van der Waals surface area contributed by atoms with E-state index in [1.54, 1.807) is 36.3 Å². The van der Waals surface area contributed by atoms with Crippen molar-refractivity contribution in [3.05, 3.63) is 54.4 Å². The molecular formula is C24H29N5O3S2. The van der Waals surface area contributed by atoms with Gasteiger partial charge in [0, 0.05) is 12.8 Å². The molecule has 8 nitrogen and oxygen atoms in total. The van der Waals surface area contributed by atoms with Crippen LogP contribution in [0.15, 0.2) is 51.4 Å². The molecular weight excluding hydrogens is 470 g/mol. The number of aromatic nitrogens is 2. The molecule has 2 heterocycles.